The molecule has 0 unspecified atom stereocenters. The van der Waals surface area contributed by atoms with Gasteiger partial charge in [0.25, 0.3) is 0 Å². The van der Waals surface area contributed by atoms with Crippen molar-refractivity contribution in [2.45, 2.75) is 26.6 Å². The molecule has 1 aromatic carbocycles. The largest absolute Gasteiger partial charge is 0.374 e. The highest BCUT2D eigenvalue weighted by atomic mass is 79.9. The van der Waals surface area contributed by atoms with Crippen LogP contribution in [-0.4, -0.2) is 16.1 Å². The second kappa shape index (κ2) is 7.57. The van der Waals surface area contributed by atoms with Gasteiger partial charge in [0.2, 0.25) is 0 Å². The average Bonchev–Trinajstić information content (AvgIpc) is 2.86. The van der Waals surface area contributed by atoms with Crippen LogP contribution in [0.15, 0.2) is 28.7 Å². The Morgan fingerprint density at radius 3 is 2.95 bits per heavy atom. The molecule has 0 saturated heterocycles. The summed E-state index contributed by atoms with van der Waals surface area (Å²) in [6, 6.07) is 8.05. The van der Waals surface area contributed by atoms with Crippen LogP contribution >= 0.6 is 27.5 Å². The predicted molar refractivity (Wildman–Crippen MR) is 81.3 cm³/mol. The summed E-state index contributed by atoms with van der Waals surface area (Å²) in [7, 11) is 0. The molecule has 102 valence electrons. The van der Waals surface area contributed by atoms with Crippen LogP contribution in [0.25, 0.3) is 0 Å². The fraction of sp³-hybridized carbons (Fsp3) is 0.385. The maximum atomic E-state index is 5.70. The Bertz CT molecular complexity index is 518. The summed E-state index contributed by atoms with van der Waals surface area (Å²) >= 11 is 4.88. The van der Waals surface area contributed by atoms with Crippen LogP contribution in [0.3, 0.4) is 0 Å². The molecule has 1 N–H and O–H groups in total. The Kier molecular flexibility index (Phi) is 5.75. The standard InChI is InChI=1S/C13H16BrN3OS/c1-2-7-15-13-12(16-17-19-13)9-18-8-10-5-3-4-6-11(10)14/h3-6,15H,2,7-9H2,1H3. The lowest BCUT2D eigenvalue weighted by atomic mass is 10.2. The normalized spacial score (nSPS) is 10.6. The van der Waals surface area contributed by atoms with Crippen molar-refractivity contribution in [3.63, 3.8) is 0 Å². The molecule has 19 heavy (non-hydrogen) atoms. The van der Waals surface area contributed by atoms with E-state index in [0.717, 1.165) is 33.7 Å². The van der Waals surface area contributed by atoms with Crippen LogP contribution < -0.4 is 5.32 Å². The van der Waals surface area contributed by atoms with Gasteiger partial charge < -0.3 is 10.1 Å². The number of hydrogen-bond acceptors (Lipinski definition) is 5. The van der Waals surface area contributed by atoms with E-state index in [1.165, 1.54) is 11.5 Å². The molecule has 2 rings (SSSR count). The molecule has 2 aromatic rings. The minimum atomic E-state index is 0.476. The van der Waals surface area contributed by atoms with Crippen molar-refractivity contribution in [1.82, 2.24) is 9.59 Å². The number of hydrogen-bond donors (Lipinski definition) is 1. The van der Waals surface area contributed by atoms with Gasteiger partial charge in [-0.1, -0.05) is 45.5 Å². The number of benzene rings is 1. The molecule has 0 aliphatic carbocycles. The lowest BCUT2D eigenvalue weighted by Crippen LogP contribution is -2.02. The van der Waals surface area contributed by atoms with Crippen molar-refractivity contribution >= 4 is 32.5 Å². The first-order valence-corrected chi connectivity index (χ1v) is 7.74. The van der Waals surface area contributed by atoms with Crippen LogP contribution in [0.2, 0.25) is 0 Å². The number of aromatic nitrogens is 2. The van der Waals surface area contributed by atoms with E-state index in [-0.39, 0.29) is 0 Å². The highest BCUT2D eigenvalue weighted by Gasteiger charge is 2.07. The van der Waals surface area contributed by atoms with E-state index in [1.807, 2.05) is 24.3 Å². The highest BCUT2D eigenvalue weighted by Crippen LogP contribution is 2.20. The molecule has 0 spiro atoms. The van der Waals surface area contributed by atoms with Crippen LogP contribution in [0.5, 0.6) is 0 Å². The molecule has 0 radical (unpaired) electrons. The third-order valence-corrected chi connectivity index (χ3v) is 4.04. The Morgan fingerprint density at radius 1 is 1.32 bits per heavy atom. The third-order valence-electron chi connectivity index (χ3n) is 2.55. The molecule has 6 heteroatoms. The predicted octanol–water partition coefficient (Wildman–Crippen LogP) is 3.84. The summed E-state index contributed by atoms with van der Waals surface area (Å²) in [5.41, 5.74) is 2.01. The molecule has 0 saturated carbocycles. The van der Waals surface area contributed by atoms with E-state index in [2.05, 4.69) is 37.8 Å². The van der Waals surface area contributed by atoms with Gasteiger partial charge in [-0.05, 0) is 18.1 Å². The first kappa shape index (κ1) is 14.4. The maximum Gasteiger partial charge on any atom is 0.135 e. The number of nitrogens with zero attached hydrogens (tertiary/aromatic N) is 2. The van der Waals surface area contributed by atoms with Gasteiger partial charge in [0, 0.05) is 22.5 Å². The second-order valence-corrected chi connectivity index (χ2v) is 5.67. The van der Waals surface area contributed by atoms with Crippen molar-refractivity contribution in [3.8, 4) is 0 Å². The van der Waals surface area contributed by atoms with Gasteiger partial charge in [-0.25, -0.2) is 0 Å². The lowest BCUT2D eigenvalue weighted by molar-refractivity contribution is 0.104. The van der Waals surface area contributed by atoms with Crippen molar-refractivity contribution < 1.29 is 4.74 Å². The van der Waals surface area contributed by atoms with E-state index < -0.39 is 0 Å². The van der Waals surface area contributed by atoms with Crippen LogP contribution in [-0.2, 0) is 18.0 Å². The molecule has 0 aliphatic rings. The first-order chi connectivity index (χ1) is 9.31. The zero-order chi connectivity index (χ0) is 13.5. The van der Waals surface area contributed by atoms with E-state index in [0.29, 0.717) is 13.2 Å². The van der Waals surface area contributed by atoms with Gasteiger partial charge in [-0.2, -0.15) is 0 Å². The minimum absolute atomic E-state index is 0.476. The summed E-state index contributed by atoms with van der Waals surface area (Å²) in [6.07, 6.45) is 1.08. The fourth-order valence-electron chi connectivity index (χ4n) is 1.55. The van der Waals surface area contributed by atoms with E-state index >= 15 is 0 Å². The molecule has 4 nitrogen and oxygen atoms in total. The van der Waals surface area contributed by atoms with Crippen molar-refractivity contribution in [1.29, 1.82) is 0 Å². The molecule has 0 fully saturated rings. The van der Waals surface area contributed by atoms with E-state index in [4.69, 9.17) is 4.74 Å². The monoisotopic (exact) mass is 341 g/mol. The molecular weight excluding hydrogens is 326 g/mol. The van der Waals surface area contributed by atoms with E-state index in [9.17, 15) is 0 Å². The van der Waals surface area contributed by atoms with Crippen LogP contribution in [0.4, 0.5) is 5.00 Å². The summed E-state index contributed by atoms with van der Waals surface area (Å²) < 4.78 is 10.7. The quantitative estimate of drug-likeness (QED) is 0.831. The number of anilines is 1. The summed E-state index contributed by atoms with van der Waals surface area (Å²) in [4.78, 5) is 0. The molecule has 1 heterocycles. The molecule has 0 amide bonds. The highest BCUT2D eigenvalue weighted by molar-refractivity contribution is 9.10. The fourth-order valence-corrected chi connectivity index (χ4v) is 2.54. The van der Waals surface area contributed by atoms with Crippen molar-refractivity contribution in [3.05, 3.63) is 40.0 Å². The topological polar surface area (TPSA) is 47.0 Å². The van der Waals surface area contributed by atoms with Gasteiger partial charge in [0.1, 0.15) is 10.7 Å². The number of nitrogens with one attached hydrogen (secondary N) is 1. The van der Waals surface area contributed by atoms with Crippen LogP contribution in [0.1, 0.15) is 24.6 Å². The zero-order valence-electron chi connectivity index (χ0n) is 10.7. The van der Waals surface area contributed by atoms with E-state index in [1.54, 1.807) is 0 Å². The first-order valence-electron chi connectivity index (χ1n) is 6.17. The number of ether oxygens (including phenoxy) is 1. The smallest absolute Gasteiger partial charge is 0.135 e. The van der Waals surface area contributed by atoms with Gasteiger partial charge in [0.15, 0.2) is 0 Å². The lowest BCUT2D eigenvalue weighted by Gasteiger charge is -2.06. The second-order valence-electron chi connectivity index (χ2n) is 4.06. The molecular formula is C13H16BrN3OS. The van der Waals surface area contributed by atoms with Gasteiger partial charge in [0.05, 0.1) is 13.2 Å². The molecule has 0 atom stereocenters. The van der Waals surface area contributed by atoms with Crippen LogP contribution in [0, 0.1) is 0 Å². The maximum absolute atomic E-state index is 5.70. The average molecular weight is 342 g/mol. The summed E-state index contributed by atoms with van der Waals surface area (Å²) in [5, 5.41) is 8.41. The number of rotatable bonds is 7. The molecule has 0 aliphatic heterocycles. The molecule has 0 bridgehead atoms. The zero-order valence-corrected chi connectivity index (χ0v) is 13.1. The van der Waals surface area contributed by atoms with Crippen molar-refractivity contribution in [2.75, 3.05) is 11.9 Å². The Hall–Kier alpha value is -0.980. The Labute approximate surface area is 125 Å². The molecule has 1 aromatic heterocycles. The Morgan fingerprint density at radius 2 is 2.16 bits per heavy atom. The SMILES string of the molecule is CCCNc1snnc1COCc1ccccc1Br. The number of halogens is 1. The van der Waals surface area contributed by atoms with Gasteiger partial charge >= 0.3 is 0 Å². The Balaban J connectivity index is 1.86. The van der Waals surface area contributed by atoms with Gasteiger partial charge in [-0.3, -0.25) is 0 Å². The van der Waals surface area contributed by atoms with Gasteiger partial charge in [-0.15, -0.1) is 5.10 Å². The van der Waals surface area contributed by atoms with Crippen molar-refractivity contribution in [2.24, 2.45) is 0 Å². The summed E-state index contributed by atoms with van der Waals surface area (Å²) in [6.45, 7) is 4.10. The minimum Gasteiger partial charge on any atom is -0.374 e. The summed E-state index contributed by atoms with van der Waals surface area (Å²) in [5.74, 6) is 0. The third kappa shape index (κ3) is 4.26.